The van der Waals surface area contributed by atoms with Crippen LogP contribution in [0.3, 0.4) is 0 Å². The fourth-order valence-electron chi connectivity index (χ4n) is 3.56. The van der Waals surface area contributed by atoms with Crippen LogP contribution < -0.4 is 0 Å². The molecule has 0 aliphatic carbocycles. The fraction of sp³-hybridized carbons (Fsp3) is 0.500. The molecule has 122 valence electrons. The highest BCUT2D eigenvalue weighted by molar-refractivity contribution is 5.96. The SMILES string of the molecule is CCC1C(C)CCCN1C(=O)c1nc(C)ccc1-n1cccn1. The van der Waals surface area contributed by atoms with Crippen LogP contribution in [0.5, 0.6) is 0 Å². The molecule has 3 heterocycles. The minimum absolute atomic E-state index is 0.0256. The van der Waals surface area contributed by atoms with E-state index in [1.54, 1.807) is 10.9 Å². The van der Waals surface area contributed by atoms with Crippen molar-refractivity contribution in [3.8, 4) is 5.69 Å². The predicted molar refractivity (Wildman–Crippen MR) is 89.6 cm³/mol. The Morgan fingerprint density at radius 2 is 2.22 bits per heavy atom. The molecule has 1 saturated heterocycles. The van der Waals surface area contributed by atoms with Crippen molar-refractivity contribution in [2.24, 2.45) is 5.92 Å². The van der Waals surface area contributed by atoms with Gasteiger partial charge in [0.15, 0.2) is 5.69 Å². The number of piperidine rings is 1. The summed E-state index contributed by atoms with van der Waals surface area (Å²) in [5, 5.41) is 4.26. The lowest BCUT2D eigenvalue weighted by Gasteiger charge is -2.39. The molecule has 3 rings (SSSR count). The lowest BCUT2D eigenvalue weighted by Crippen LogP contribution is -2.47. The zero-order valence-corrected chi connectivity index (χ0v) is 14.1. The lowest BCUT2D eigenvalue weighted by molar-refractivity contribution is 0.0502. The van der Waals surface area contributed by atoms with E-state index >= 15 is 0 Å². The van der Waals surface area contributed by atoms with Gasteiger partial charge in [-0.25, -0.2) is 9.67 Å². The van der Waals surface area contributed by atoms with Crippen LogP contribution in [0.2, 0.25) is 0 Å². The zero-order chi connectivity index (χ0) is 16.4. The largest absolute Gasteiger partial charge is 0.334 e. The Morgan fingerprint density at radius 1 is 1.39 bits per heavy atom. The molecule has 5 nitrogen and oxygen atoms in total. The van der Waals surface area contributed by atoms with Gasteiger partial charge in [0.2, 0.25) is 0 Å². The van der Waals surface area contributed by atoms with E-state index < -0.39 is 0 Å². The molecule has 0 radical (unpaired) electrons. The second-order valence-electron chi connectivity index (χ2n) is 6.36. The van der Waals surface area contributed by atoms with Gasteiger partial charge in [0.1, 0.15) is 0 Å². The molecule has 2 aromatic rings. The number of aryl methyl sites for hydroxylation is 1. The Kier molecular flexibility index (Phi) is 4.46. The van der Waals surface area contributed by atoms with Crippen molar-refractivity contribution in [3.05, 3.63) is 42.0 Å². The van der Waals surface area contributed by atoms with Gasteiger partial charge in [-0.3, -0.25) is 4.79 Å². The first kappa shape index (κ1) is 15.7. The Balaban J connectivity index is 2.00. The average molecular weight is 312 g/mol. The lowest BCUT2D eigenvalue weighted by atomic mass is 9.89. The summed E-state index contributed by atoms with van der Waals surface area (Å²) >= 11 is 0. The van der Waals surface area contributed by atoms with Crippen LogP contribution in [0.15, 0.2) is 30.6 Å². The number of hydrogen-bond donors (Lipinski definition) is 0. The first-order valence-corrected chi connectivity index (χ1v) is 8.40. The van der Waals surface area contributed by atoms with Crippen LogP contribution in [0.25, 0.3) is 5.69 Å². The van der Waals surface area contributed by atoms with E-state index in [4.69, 9.17) is 0 Å². The number of amides is 1. The maximum Gasteiger partial charge on any atom is 0.274 e. The number of nitrogens with zero attached hydrogens (tertiary/aromatic N) is 4. The fourth-order valence-corrected chi connectivity index (χ4v) is 3.56. The van der Waals surface area contributed by atoms with Crippen molar-refractivity contribution >= 4 is 5.91 Å². The van der Waals surface area contributed by atoms with Gasteiger partial charge in [0, 0.05) is 30.7 Å². The van der Waals surface area contributed by atoms with Gasteiger partial charge in [-0.2, -0.15) is 5.10 Å². The third kappa shape index (κ3) is 3.00. The van der Waals surface area contributed by atoms with E-state index in [1.807, 2.05) is 36.2 Å². The van der Waals surface area contributed by atoms with E-state index in [0.717, 1.165) is 30.8 Å². The molecule has 1 aliphatic rings. The monoisotopic (exact) mass is 312 g/mol. The van der Waals surface area contributed by atoms with Gasteiger partial charge in [-0.1, -0.05) is 13.8 Å². The molecule has 23 heavy (non-hydrogen) atoms. The van der Waals surface area contributed by atoms with Gasteiger partial charge in [0.25, 0.3) is 5.91 Å². The van der Waals surface area contributed by atoms with Crippen molar-refractivity contribution in [1.29, 1.82) is 0 Å². The minimum atomic E-state index is 0.0256. The standard InChI is InChI=1S/C18H24N4O/c1-4-15-13(2)7-5-11-21(15)18(23)17-16(9-8-14(3)20-17)22-12-6-10-19-22/h6,8-10,12-13,15H,4-5,7,11H2,1-3H3. The third-order valence-corrected chi connectivity index (χ3v) is 4.76. The van der Waals surface area contributed by atoms with Crippen molar-refractivity contribution < 1.29 is 4.79 Å². The highest BCUT2D eigenvalue weighted by atomic mass is 16.2. The van der Waals surface area contributed by atoms with E-state index in [-0.39, 0.29) is 5.91 Å². The normalized spacial score (nSPS) is 21.4. The number of pyridine rings is 1. The van der Waals surface area contributed by atoms with Crippen LogP contribution in [-0.4, -0.2) is 38.2 Å². The molecule has 0 aromatic carbocycles. The number of aromatic nitrogens is 3. The van der Waals surface area contributed by atoms with E-state index in [9.17, 15) is 4.79 Å². The number of carbonyl (C=O) groups is 1. The molecule has 0 spiro atoms. The van der Waals surface area contributed by atoms with Crippen molar-refractivity contribution in [3.63, 3.8) is 0 Å². The van der Waals surface area contributed by atoms with Crippen LogP contribution in [-0.2, 0) is 0 Å². The molecule has 0 N–H and O–H groups in total. The molecule has 2 atom stereocenters. The molecule has 1 aliphatic heterocycles. The smallest absolute Gasteiger partial charge is 0.274 e. The molecular weight excluding hydrogens is 288 g/mol. The molecule has 0 saturated carbocycles. The molecule has 1 amide bonds. The summed E-state index contributed by atoms with van der Waals surface area (Å²) in [5.41, 5.74) is 2.10. The van der Waals surface area contributed by atoms with Crippen LogP contribution in [0.1, 0.15) is 49.3 Å². The Hall–Kier alpha value is -2.17. The van der Waals surface area contributed by atoms with Crippen molar-refractivity contribution in [2.45, 2.75) is 46.1 Å². The van der Waals surface area contributed by atoms with E-state index in [0.29, 0.717) is 17.7 Å². The molecule has 0 bridgehead atoms. The summed E-state index contributed by atoms with van der Waals surface area (Å²) in [4.78, 5) is 19.8. The Bertz CT molecular complexity index is 680. The first-order chi connectivity index (χ1) is 11.1. The number of hydrogen-bond acceptors (Lipinski definition) is 3. The topological polar surface area (TPSA) is 51.0 Å². The van der Waals surface area contributed by atoms with Gasteiger partial charge >= 0.3 is 0 Å². The summed E-state index contributed by atoms with van der Waals surface area (Å²) < 4.78 is 1.72. The maximum atomic E-state index is 13.2. The van der Waals surface area contributed by atoms with Crippen LogP contribution in [0, 0.1) is 12.8 Å². The molecule has 2 aromatic heterocycles. The summed E-state index contributed by atoms with van der Waals surface area (Å²) in [6, 6.07) is 6.00. The van der Waals surface area contributed by atoms with Gasteiger partial charge in [-0.15, -0.1) is 0 Å². The number of likely N-dealkylation sites (tertiary alicyclic amines) is 1. The van der Waals surface area contributed by atoms with E-state index in [2.05, 4.69) is 23.9 Å². The van der Waals surface area contributed by atoms with Gasteiger partial charge < -0.3 is 4.90 Å². The molecule has 2 unspecified atom stereocenters. The number of rotatable bonds is 3. The zero-order valence-electron chi connectivity index (χ0n) is 14.1. The Morgan fingerprint density at radius 3 is 2.91 bits per heavy atom. The highest BCUT2D eigenvalue weighted by Gasteiger charge is 2.32. The minimum Gasteiger partial charge on any atom is -0.334 e. The number of carbonyl (C=O) groups excluding carboxylic acids is 1. The second kappa shape index (κ2) is 6.52. The Labute approximate surface area is 137 Å². The molecular formula is C18H24N4O. The summed E-state index contributed by atoms with van der Waals surface area (Å²) in [6.45, 7) is 7.13. The first-order valence-electron chi connectivity index (χ1n) is 8.40. The summed E-state index contributed by atoms with van der Waals surface area (Å²) in [7, 11) is 0. The van der Waals surface area contributed by atoms with Crippen molar-refractivity contribution in [1.82, 2.24) is 19.7 Å². The summed E-state index contributed by atoms with van der Waals surface area (Å²) in [5.74, 6) is 0.563. The third-order valence-electron chi connectivity index (χ3n) is 4.76. The van der Waals surface area contributed by atoms with Gasteiger partial charge in [0.05, 0.1) is 5.69 Å². The molecule has 1 fully saturated rings. The van der Waals surface area contributed by atoms with E-state index in [1.165, 1.54) is 6.42 Å². The maximum absolute atomic E-state index is 13.2. The highest BCUT2D eigenvalue weighted by Crippen LogP contribution is 2.27. The van der Waals surface area contributed by atoms with Crippen molar-refractivity contribution in [2.75, 3.05) is 6.54 Å². The van der Waals surface area contributed by atoms with Crippen LogP contribution in [0.4, 0.5) is 0 Å². The predicted octanol–water partition coefficient (Wildman–Crippen LogP) is 3.23. The average Bonchev–Trinajstić information content (AvgIpc) is 3.08. The second-order valence-corrected chi connectivity index (χ2v) is 6.36. The molecule has 5 heteroatoms. The van der Waals surface area contributed by atoms with Gasteiger partial charge in [-0.05, 0) is 50.3 Å². The summed E-state index contributed by atoms with van der Waals surface area (Å²) in [6.07, 6.45) is 6.79. The quantitative estimate of drug-likeness (QED) is 0.874. The van der Waals surface area contributed by atoms with Crippen LogP contribution >= 0.6 is 0 Å².